The van der Waals surface area contributed by atoms with Gasteiger partial charge < -0.3 is 10.4 Å². The average molecular weight is 316 g/mol. The van der Waals surface area contributed by atoms with Crippen molar-refractivity contribution in [3.05, 3.63) is 0 Å². The second kappa shape index (κ2) is 19.0. The summed E-state index contributed by atoms with van der Waals surface area (Å²) in [6.07, 6.45) is 10.5. The summed E-state index contributed by atoms with van der Waals surface area (Å²) in [5.74, 6) is 2.62. The predicted molar refractivity (Wildman–Crippen MR) is 101 cm³/mol. The van der Waals surface area contributed by atoms with Crippen molar-refractivity contribution in [2.45, 2.75) is 92.9 Å². The van der Waals surface area contributed by atoms with Crippen LogP contribution in [0.3, 0.4) is 0 Å². The van der Waals surface area contributed by atoms with Gasteiger partial charge in [0.25, 0.3) is 0 Å². The highest BCUT2D eigenvalue weighted by Crippen LogP contribution is 2.26. The van der Waals surface area contributed by atoms with E-state index < -0.39 is 0 Å². The Hall–Kier alpha value is -0.0800. The molecule has 0 aliphatic heterocycles. The molecular weight excluding hydrogens is 270 g/mol. The lowest BCUT2D eigenvalue weighted by Gasteiger charge is -2.17. The average Bonchev–Trinajstić information content (AvgIpc) is 2.76. The van der Waals surface area contributed by atoms with Crippen molar-refractivity contribution in [1.82, 2.24) is 5.32 Å². The Balaban J connectivity index is 0. The maximum atomic E-state index is 8.76. The van der Waals surface area contributed by atoms with Crippen LogP contribution in [0.15, 0.2) is 0 Å². The fourth-order valence-corrected chi connectivity index (χ4v) is 3.01. The molecule has 0 amide bonds. The highest BCUT2D eigenvalue weighted by atomic mass is 16.2. The van der Waals surface area contributed by atoms with Gasteiger partial charge in [-0.3, -0.25) is 0 Å². The van der Waals surface area contributed by atoms with Crippen molar-refractivity contribution in [2.24, 2.45) is 17.8 Å². The molecule has 1 rings (SSSR count). The van der Waals surface area contributed by atoms with Crippen LogP contribution in [0.1, 0.15) is 92.9 Å². The lowest BCUT2D eigenvalue weighted by molar-refractivity contribution is 0.277. The van der Waals surface area contributed by atoms with Gasteiger partial charge in [-0.15, -0.1) is 0 Å². The van der Waals surface area contributed by atoms with Crippen LogP contribution in [0.4, 0.5) is 0 Å². The third-order valence-electron chi connectivity index (χ3n) is 4.41. The lowest BCUT2D eigenvalue weighted by Crippen LogP contribution is -2.27. The van der Waals surface area contributed by atoms with Crippen LogP contribution in [0.5, 0.6) is 0 Å². The molecule has 2 heteroatoms. The van der Waals surface area contributed by atoms with Gasteiger partial charge >= 0.3 is 0 Å². The fraction of sp³-hybridized carbons (Fsp3) is 1.00. The number of hydrogen-bond acceptors (Lipinski definition) is 2. The van der Waals surface area contributed by atoms with Crippen molar-refractivity contribution < 1.29 is 5.11 Å². The minimum atomic E-state index is 0.348. The molecule has 0 saturated heterocycles. The quantitative estimate of drug-likeness (QED) is 0.448. The third-order valence-corrected chi connectivity index (χ3v) is 4.41. The van der Waals surface area contributed by atoms with Crippen molar-refractivity contribution in [3.8, 4) is 0 Å². The zero-order valence-corrected chi connectivity index (χ0v) is 16.5. The minimum Gasteiger partial charge on any atom is -0.396 e. The van der Waals surface area contributed by atoms with E-state index in [2.05, 4.69) is 19.2 Å². The van der Waals surface area contributed by atoms with Gasteiger partial charge in [-0.05, 0) is 56.5 Å². The van der Waals surface area contributed by atoms with E-state index in [9.17, 15) is 0 Å². The van der Waals surface area contributed by atoms with Crippen molar-refractivity contribution >= 4 is 0 Å². The fourth-order valence-electron chi connectivity index (χ4n) is 3.01. The van der Waals surface area contributed by atoms with E-state index in [0.717, 1.165) is 30.7 Å². The van der Waals surface area contributed by atoms with Gasteiger partial charge in [0.05, 0.1) is 0 Å². The molecule has 3 unspecified atom stereocenters. The molecule has 0 aromatic carbocycles. The molecule has 3 atom stereocenters. The molecule has 1 fully saturated rings. The number of aliphatic hydroxyl groups is 1. The van der Waals surface area contributed by atoms with Gasteiger partial charge in [0.1, 0.15) is 0 Å². The normalized spacial score (nSPS) is 22.5. The molecule has 0 spiro atoms. The van der Waals surface area contributed by atoms with Crippen LogP contribution in [0.2, 0.25) is 0 Å². The highest BCUT2D eigenvalue weighted by molar-refractivity contribution is 4.70. The first-order valence-corrected chi connectivity index (χ1v) is 10.0. The Bertz CT molecular complexity index is 196. The molecule has 22 heavy (non-hydrogen) atoms. The predicted octanol–water partition coefficient (Wildman–Crippen LogP) is 5.64. The van der Waals surface area contributed by atoms with Crippen LogP contribution >= 0.6 is 0 Å². The van der Waals surface area contributed by atoms with Gasteiger partial charge in [-0.2, -0.15) is 0 Å². The van der Waals surface area contributed by atoms with Crippen LogP contribution < -0.4 is 5.32 Å². The van der Waals surface area contributed by atoms with Gasteiger partial charge in [0.2, 0.25) is 0 Å². The van der Waals surface area contributed by atoms with E-state index in [-0.39, 0.29) is 0 Å². The maximum Gasteiger partial charge on any atom is 0.0431 e. The molecular formula is C20H45NO. The summed E-state index contributed by atoms with van der Waals surface area (Å²) in [7, 11) is 0. The topological polar surface area (TPSA) is 32.3 Å². The summed E-state index contributed by atoms with van der Waals surface area (Å²) in [6.45, 7) is 15.4. The molecule has 1 aliphatic rings. The van der Waals surface area contributed by atoms with Gasteiger partial charge in [-0.25, -0.2) is 0 Å². The van der Waals surface area contributed by atoms with E-state index in [0.29, 0.717) is 6.61 Å². The number of rotatable bonds is 8. The lowest BCUT2D eigenvalue weighted by atomic mass is 9.98. The molecule has 2 N–H and O–H groups in total. The molecule has 0 radical (unpaired) electrons. The number of aliphatic hydroxyl groups excluding tert-OH is 1. The molecule has 0 heterocycles. The molecule has 2 nitrogen and oxygen atoms in total. The monoisotopic (exact) mass is 315 g/mol. The van der Waals surface area contributed by atoms with E-state index in [1.807, 2.05) is 27.7 Å². The molecule has 136 valence electrons. The smallest absolute Gasteiger partial charge is 0.0431 e. The first-order valence-electron chi connectivity index (χ1n) is 10.0. The van der Waals surface area contributed by atoms with E-state index in [4.69, 9.17) is 5.11 Å². The first-order chi connectivity index (χ1) is 10.7. The van der Waals surface area contributed by atoms with Crippen molar-refractivity contribution in [2.75, 3.05) is 19.7 Å². The summed E-state index contributed by atoms with van der Waals surface area (Å²) < 4.78 is 0. The summed E-state index contributed by atoms with van der Waals surface area (Å²) in [4.78, 5) is 0. The molecule has 0 aromatic rings. The van der Waals surface area contributed by atoms with E-state index in [1.54, 1.807) is 0 Å². The highest BCUT2D eigenvalue weighted by Gasteiger charge is 2.15. The summed E-state index contributed by atoms with van der Waals surface area (Å²) in [6, 6.07) is 0. The van der Waals surface area contributed by atoms with Crippen molar-refractivity contribution in [1.29, 1.82) is 0 Å². The zero-order valence-electron chi connectivity index (χ0n) is 16.5. The number of nitrogens with one attached hydrogen (secondary N) is 1. The maximum absolute atomic E-state index is 8.76. The Labute approximate surface area is 141 Å². The van der Waals surface area contributed by atoms with E-state index >= 15 is 0 Å². The SMILES string of the molecule is CC.CC.CC1CCCC(CNCC(C)CCCCO)CC1. The molecule has 0 bridgehead atoms. The largest absolute Gasteiger partial charge is 0.396 e. The summed E-state index contributed by atoms with van der Waals surface area (Å²) in [5, 5.41) is 12.4. The van der Waals surface area contributed by atoms with Gasteiger partial charge in [-0.1, -0.05) is 67.2 Å². The molecule has 0 aromatic heterocycles. The molecule has 1 aliphatic carbocycles. The summed E-state index contributed by atoms with van der Waals surface area (Å²) >= 11 is 0. The standard InChI is InChI=1S/C16H33NO.2C2H6/c1-14-7-5-8-16(10-9-14)13-17-12-15(2)6-3-4-11-18;2*1-2/h14-18H,3-13H2,1-2H3;2*1-2H3. The van der Waals surface area contributed by atoms with E-state index in [1.165, 1.54) is 51.5 Å². The van der Waals surface area contributed by atoms with Crippen LogP contribution in [0, 0.1) is 17.8 Å². The summed E-state index contributed by atoms with van der Waals surface area (Å²) in [5.41, 5.74) is 0. The van der Waals surface area contributed by atoms with Crippen LogP contribution in [0.25, 0.3) is 0 Å². The van der Waals surface area contributed by atoms with Gasteiger partial charge in [0.15, 0.2) is 0 Å². The zero-order chi connectivity index (χ0) is 17.2. The molecule has 1 saturated carbocycles. The number of unbranched alkanes of at least 4 members (excludes halogenated alkanes) is 1. The Morgan fingerprint density at radius 2 is 1.68 bits per heavy atom. The Morgan fingerprint density at radius 3 is 2.32 bits per heavy atom. The third kappa shape index (κ3) is 14.8. The van der Waals surface area contributed by atoms with Crippen LogP contribution in [-0.4, -0.2) is 24.8 Å². The second-order valence-electron chi connectivity index (χ2n) is 6.46. The number of hydrogen-bond donors (Lipinski definition) is 2. The minimum absolute atomic E-state index is 0.348. The Morgan fingerprint density at radius 1 is 1.00 bits per heavy atom. The van der Waals surface area contributed by atoms with Crippen molar-refractivity contribution in [3.63, 3.8) is 0 Å². The Kier molecular flexibility index (Phi) is 20.8. The first kappa shape index (κ1) is 24.2. The second-order valence-corrected chi connectivity index (χ2v) is 6.46. The van der Waals surface area contributed by atoms with Crippen LogP contribution in [-0.2, 0) is 0 Å². The van der Waals surface area contributed by atoms with Gasteiger partial charge in [0, 0.05) is 6.61 Å².